The summed E-state index contributed by atoms with van der Waals surface area (Å²) in [6, 6.07) is 3.91. The molecule has 0 bridgehead atoms. The number of primary sulfonamides is 1. The molecule has 3 rings (SSSR count). The smallest absolute Gasteiger partial charge is 0.233 e. The lowest BCUT2D eigenvalue weighted by Gasteiger charge is -2.47. The number of rotatable bonds is 7. The molecule has 0 aromatic heterocycles. The highest BCUT2D eigenvalue weighted by Crippen LogP contribution is 2.55. The lowest BCUT2D eigenvalue weighted by molar-refractivity contribution is 0.00792. The number of hydrogen-bond acceptors (Lipinski definition) is 4. The molecule has 6 heteroatoms. The number of benzene rings is 1. The number of phenols is 1. The SMILES string of the molecule is CCCCCCC(C)(C)c1cc(O)c2c(c1)OC(C)(C)[C@@H]1CC=C(S(N)(=O)=O)C[C@@H]21. The van der Waals surface area contributed by atoms with Crippen molar-refractivity contribution in [2.45, 2.75) is 96.5 Å². The lowest BCUT2D eigenvalue weighted by atomic mass is 9.68. The van der Waals surface area contributed by atoms with E-state index < -0.39 is 15.6 Å². The van der Waals surface area contributed by atoms with Crippen molar-refractivity contribution < 1.29 is 18.3 Å². The molecule has 0 saturated carbocycles. The van der Waals surface area contributed by atoms with Gasteiger partial charge in [0.05, 0.1) is 4.91 Å². The molecule has 3 N–H and O–H groups in total. The van der Waals surface area contributed by atoms with Gasteiger partial charge in [-0.3, -0.25) is 0 Å². The fourth-order valence-corrected chi connectivity index (χ4v) is 5.87. The first kappa shape index (κ1) is 23.1. The molecule has 0 unspecified atom stereocenters. The van der Waals surface area contributed by atoms with Gasteiger partial charge in [-0.25, -0.2) is 13.6 Å². The van der Waals surface area contributed by atoms with Crippen molar-refractivity contribution in [2.75, 3.05) is 0 Å². The zero-order valence-electron chi connectivity index (χ0n) is 19.0. The first-order valence-corrected chi connectivity index (χ1v) is 12.7. The van der Waals surface area contributed by atoms with Gasteiger partial charge in [0.1, 0.15) is 17.1 Å². The highest BCUT2D eigenvalue weighted by molar-refractivity contribution is 7.93. The third kappa shape index (κ3) is 4.54. The van der Waals surface area contributed by atoms with Gasteiger partial charge in [-0.15, -0.1) is 0 Å². The Morgan fingerprint density at radius 1 is 1.23 bits per heavy atom. The van der Waals surface area contributed by atoms with Crippen molar-refractivity contribution in [1.29, 1.82) is 0 Å². The number of unbranched alkanes of at least 4 members (excludes halogenated alkanes) is 3. The van der Waals surface area contributed by atoms with Crippen LogP contribution in [0.4, 0.5) is 0 Å². The molecular formula is C24H37NO4S. The van der Waals surface area contributed by atoms with Crippen LogP contribution in [0.15, 0.2) is 23.1 Å². The average Bonchev–Trinajstić information content (AvgIpc) is 2.63. The number of phenolic OH excluding ortho intramolecular Hbond substituents is 1. The minimum absolute atomic E-state index is 0.0781. The summed E-state index contributed by atoms with van der Waals surface area (Å²) in [5.41, 5.74) is 1.23. The summed E-state index contributed by atoms with van der Waals surface area (Å²) < 4.78 is 30.3. The Hall–Kier alpha value is -1.53. The standard InChI is InChI=1S/C24H37NO4S/c1-6-7-8-9-12-23(2,3)16-13-20(26)22-18-15-17(30(25,27)28)10-11-19(18)24(4,5)29-21(22)14-16/h10,13-14,18-19,26H,6-9,11-12,15H2,1-5H3,(H2,25,27,28)/t18-,19-/m1/s1. The maximum atomic E-state index is 12.0. The van der Waals surface area contributed by atoms with Crippen LogP contribution in [0.25, 0.3) is 0 Å². The molecule has 1 heterocycles. The van der Waals surface area contributed by atoms with E-state index in [1.807, 2.05) is 19.9 Å². The van der Waals surface area contributed by atoms with E-state index in [2.05, 4.69) is 26.8 Å². The van der Waals surface area contributed by atoms with Gasteiger partial charge in [0.15, 0.2) is 0 Å². The quantitative estimate of drug-likeness (QED) is 0.555. The van der Waals surface area contributed by atoms with Crippen LogP contribution in [0.2, 0.25) is 0 Å². The lowest BCUT2D eigenvalue weighted by Crippen LogP contribution is -2.46. The van der Waals surface area contributed by atoms with Crippen molar-refractivity contribution in [3.8, 4) is 11.5 Å². The third-order valence-corrected chi connectivity index (χ3v) is 8.13. The Bertz CT molecular complexity index is 931. The number of allylic oxidation sites excluding steroid dienone is 2. The normalized spacial score (nSPS) is 23.2. The van der Waals surface area contributed by atoms with Crippen LogP contribution >= 0.6 is 0 Å². The molecule has 168 valence electrons. The van der Waals surface area contributed by atoms with E-state index >= 15 is 0 Å². The summed E-state index contributed by atoms with van der Waals surface area (Å²) >= 11 is 0. The molecule has 5 nitrogen and oxygen atoms in total. The van der Waals surface area contributed by atoms with Gasteiger partial charge >= 0.3 is 0 Å². The third-order valence-electron chi connectivity index (χ3n) is 7.07. The Morgan fingerprint density at radius 3 is 2.57 bits per heavy atom. The van der Waals surface area contributed by atoms with Crippen molar-refractivity contribution in [3.05, 3.63) is 34.2 Å². The van der Waals surface area contributed by atoms with Gasteiger partial charge in [0.2, 0.25) is 10.0 Å². The Kier molecular flexibility index (Phi) is 6.32. The fourth-order valence-electron chi connectivity index (χ4n) is 5.13. The molecule has 0 spiro atoms. The van der Waals surface area contributed by atoms with Crippen LogP contribution in [0, 0.1) is 5.92 Å². The molecule has 0 radical (unpaired) electrons. The zero-order chi connectivity index (χ0) is 22.3. The van der Waals surface area contributed by atoms with Gasteiger partial charge < -0.3 is 9.84 Å². The van der Waals surface area contributed by atoms with E-state index in [9.17, 15) is 13.5 Å². The zero-order valence-corrected chi connectivity index (χ0v) is 19.8. The van der Waals surface area contributed by atoms with E-state index in [0.29, 0.717) is 18.6 Å². The molecule has 2 aliphatic rings. The molecule has 0 fully saturated rings. The molecule has 30 heavy (non-hydrogen) atoms. The number of ether oxygens (including phenoxy) is 1. The van der Waals surface area contributed by atoms with E-state index in [-0.39, 0.29) is 27.9 Å². The number of aromatic hydroxyl groups is 1. The first-order valence-electron chi connectivity index (χ1n) is 11.1. The monoisotopic (exact) mass is 435 g/mol. The van der Waals surface area contributed by atoms with E-state index in [1.165, 1.54) is 19.3 Å². The first-order chi connectivity index (χ1) is 13.9. The summed E-state index contributed by atoms with van der Waals surface area (Å²) in [6.45, 7) is 10.7. The summed E-state index contributed by atoms with van der Waals surface area (Å²) in [7, 11) is -3.74. The van der Waals surface area contributed by atoms with Crippen LogP contribution in [-0.4, -0.2) is 19.1 Å². The summed E-state index contributed by atoms with van der Waals surface area (Å²) in [5.74, 6) is 0.817. The van der Waals surface area contributed by atoms with Crippen molar-refractivity contribution in [1.82, 2.24) is 0 Å². The van der Waals surface area contributed by atoms with Gasteiger partial charge in [0, 0.05) is 17.4 Å². The highest BCUT2D eigenvalue weighted by atomic mass is 32.2. The second-order valence-corrected chi connectivity index (χ2v) is 11.8. The maximum absolute atomic E-state index is 12.0. The summed E-state index contributed by atoms with van der Waals surface area (Å²) in [6.07, 6.45) is 8.44. The van der Waals surface area contributed by atoms with E-state index in [0.717, 1.165) is 24.0 Å². The van der Waals surface area contributed by atoms with Gasteiger partial charge in [-0.05, 0) is 56.2 Å². The highest BCUT2D eigenvalue weighted by Gasteiger charge is 2.47. The van der Waals surface area contributed by atoms with Crippen molar-refractivity contribution >= 4 is 10.0 Å². The molecule has 0 saturated heterocycles. The minimum Gasteiger partial charge on any atom is -0.508 e. The second kappa shape index (κ2) is 8.19. The van der Waals surface area contributed by atoms with Crippen LogP contribution < -0.4 is 9.88 Å². The van der Waals surface area contributed by atoms with Gasteiger partial charge in [-0.1, -0.05) is 52.5 Å². The predicted octanol–water partition coefficient (Wildman–Crippen LogP) is 5.48. The summed E-state index contributed by atoms with van der Waals surface area (Å²) in [5, 5.41) is 16.4. The average molecular weight is 436 g/mol. The molecular weight excluding hydrogens is 398 g/mol. The molecule has 1 aliphatic carbocycles. The predicted molar refractivity (Wildman–Crippen MR) is 121 cm³/mol. The molecule has 0 amide bonds. The Morgan fingerprint density at radius 2 is 1.93 bits per heavy atom. The molecule has 1 aromatic carbocycles. The van der Waals surface area contributed by atoms with E-state index in [4.69, 9.17) is 9.88 Å². The number of sulfonamides is 1. The van der Waals surface area contributed by atoms with Crippen LogP contribution in [0.5, 0.6) is 11.5 Å². The number of nitrogens with two attached hydrogens (primary N) is 1. The molecule has 1 aliphatic heterocycles. The van der Waals surface area contributed by atoms with Crippen molar-refractivity contribution in [2.24, 2.45) is 11.1 Å². The largest absolute Gasteiger partial charge is 0.508 e. The second-order valence-electron chi connectivity index (χ2n) is 10.2. The van der Waals surface area contributed by atoms with Gasteiger partial charge in [-0.2, -0.15) is 0 Å². The van der Waals surface area contributed by atoms with Crippen LogP contribution in [0.3, 0.4) is 0 Å². The number of hydrogen-bond donors (Lipinski definition) is 2. The molecule has 2 atom stereocenters. The molecule has 1 aromatic rings. The van der Waals surface area contributed by atoms with Gasteiger partial charge in [0.25, 0.3) is 0 Å². The topological polar surface area (TPSA) is 89.6 Å². The maximum Gasteiger partial charge on any atom is 0.233 e. The number of fused-ring (bicyclic) bond motifs is 3. The van der Waals surface area contributed by atoms with Crippen LogP contribution in [0.1, 0.15) is 96.6 Å². The Labute approximate surface area is 181 Å². The summed E-state index contributed by atoms with van der Waals surface area (Å²) in [4.78, 5) is 0.257. The van der Waals surface area contributed by atoms with Crippen LogP contribution in [-0.2, 0) is 15.4 Å². The Balaban J connectivity index is 1.97. The minimum atomic E-state index is -3.74. The van der Waals surface area contributed by atoms with Crippen molar-refractivity contribution in [3.63, 3.8) is 0 Å². The van der Waals surface area contributed by atoms with E-state index in [1.54, 1.807) is 6.08 Å². The fraction of sp³-hybridized carbons (Fsp3) is 0.667.